The van der Waals surface area contributed by atoms with Crippen LogP contribution >= 0.6 is 0 Å². The maximum absolute atomic E-state index is 2.33. The van der Waals surface area contributed by atoms with Gasteiger partial charge in [0.25, 0.3) is 0 Å². The van der Waals surface area contributed by atoms with Crippen molar-refractivity contribution in [2.24, 2.45) is 5.92 Å². The molecule has 0 saturated heterocycles. The van der Waals surface area contributed by atoms with Gasteiger partial charge in [-0.1, -0.05) is 0 Å². The quantitative estimate of drug-likeness (QED) is 0.475. The minimum atomic E-state index is 0.910. The van der Waals surface area contributed by atoms with E-state index in [0.29, 0.717) is 0 Å². The van der Waals surface area contributed by atoms with Crippen molar-refractivity contribution in [1.29, 1.82) is 0 Å². The van der Waals surface area contributed by atoms with Crippen LogP contribution in [-0.4, -0.2) is 27.9 Å². The average Bonchev–Trinajstić information content (AvgIpc) is 1.27. The van der Waals surface area contributed by atoms with Gasteiger partial charge in [0.05, 0.1) is 0 Å². The predicted molar refractivity (Wildman–Crippen MR) is 34.6 cm³/mol. The molecule has 0 aromatic rings. The molecule has 7 heavy (non-hydrogen) atoms. The summed E-state index contributed by atoms with van der Waals surface area (Å²) in [5.41, 5.74) is 0. The minimum absolute atomic E-state index is 0.910. The van der Waals surface area contributed by atoms with Gasteiger partial charge in [-0.3, -0.25) is 0 Å². The van der Waals surface area contributed by atoms with Crippen LogP contribution in [-0.2, 0) is 0 Å². The fraction of sp³-hybridized carbons (Fsp3) is 1.00. The first kappa shape index (κ1) is 8.00. The van der Waals surface area contributed by atoms with E-state index in [1.807, 2.05) is 0 Å². The van der Waals surface area contributed by atoms with Crippen LogP contribution in [0.25, 0.3) is 0 Å². The van der Waals surface area contributed by atoms with Crippen molar-refractivity contribution in [3.8, 4) is 0 Å². The number of rotatable bonds is 2. The Hall–Kier alpha value is 1.00. The maximum atomic E-state index is 2.33. The Kier molecular flexibility index (Phi) is 4.50. The molecular formula is C6H13Na. The van der Waals surface area contributed by atoms with E-state index < -0.39 is 0 Å². The molecule has 0 bridgehead atoms. The standard InChI is InChI=1S/C6H13.Na/c1-4-5-6(2)3;/h4,6H,5H2,1-3H3;. The molecule has 0 nitrogen and oxygen atoms in total. The van der Waals surface area contributed by atoms with Gasteiger partial charge in [-0.2, -0.15) is 0 Å². The van der Waals surface area contributed by atoms with E-state index >= 15 is 0 Å². The number of hydrogen-bond acceptors (Lipinski definition) is 0. The molecule has 1 heteroatoms. The van der Waals surface area contributed by atoms with Gasteiger partial charge in [-0.25, -0.2) is 0 Å². The van der Waals surface area contributed by atoms with Crippen molar-refractivity contribution in [3.05, 3.63) is 0 Å². The zero-order chi connectivity index (χ0) is 5.86. The van der Waals surface area contributed by atoms with Crippen molar-refractivity contribution in [3.63, 3.8) is 0 Å². The first-order valence-electron chi connectivity index (χ1n) is 3.13. The fourth-order valence-corrected chi connectivity index (χ4v) is 1.89. The molecule has 0 aromatic carbocycles. The molecule has 0 N–H and O–H groups in total. The van der Waals surface area contributed by atoms with Gasteiger partial charge in [-0.05, 0) is 0 Å². The van der Waals surface area contributed by atoms with Crippen LogP contribution in [0.15, 0.2) is 0 Å². The van der Waals surface area contributed by atoms with Crippen LogP contribution < -0.4 is 0 Å². The first-order valence-corrected chi connectivity index (χ1v) is 4.28. The summed E-state index contributed by atoms with van der Waals surface area (Å²) >= 11 is 1.37. The van der Waals surface area contributed by atoms with Gasteiger partial charge < -0.3 is 0 Å². The molecule has 0 aliphatic heterocycles. The van der Waals surface area contributed by atoms with E-state index in [9.17, 15) is 0 Å². The Bertz CT molecular complexity index is 33.4. The van der Waals surface area contributed by atoms with Gasteiger partial charge >= 0.3 is 64.2 Å². The fourth-order valence-electron chi connectivity index (χ4n) is 0.943. The summed E-state index contributed by atoms with van der Waals surface area (Å²) in [7, 11) is 0. The molecule has 1 unspecified atom stereocenters. The third kappa shape index (κ3) is 7.00. The van der Waals surface area contributed by atoms with Gasteiger partial charge in [0.15, 0.2) is 0 Å². The van der Waals surface area contributed by atoms with Crippen LogP contribution in [0.2, 0.25) is 3.17 Å². The summed E-state index contributed by atoms with van der Waals surface area (Å²) in [5.74, 6) is 0.910. The number of hydrogen-bond donors (Lipinski definition) is 0. The molecule has 0 spiro atoms. The van der Waals surface area contributed by atoms with Gasteiger partial charge in [0.1, 0.15) is 0 Å². The zero-order valence-corrected chi connectivity index (χ0v) is 7.86. The SMILES string of the molecule is CC(C)C[CH](C)[Na]. The zero-order valence-electron chi connectivity index (χ0n) is 5.86. The van der Waals surface area contributed by atoms with Gasteiger partial charge in [0.2, 0.25) is 0 Å². The second-order valence-corrected chi connectivity index (χ2v) is 4.99. The van der Waals surface area contributed by atoms with E-state index in [2.05, 4.69) is 20.8 Å². The molecular weight excluding hydrogens is 95.1 g/mol. The second kappa shape index (κ2) is 3.94. The van der Waals surface area contributed by atoms with E-state index in [1.165, 1.54) is 34.4 Å². The third-order valence-corrected chi connectivity index (χ3v) is 1.41. The molecule has 0 fully saturated rings. The van der Waals surface area contributed by atoms with Crippen LogP contribution in [0.4, 0.5) is 0 Å². The topological polar surface area (TPSA) is 0 Å². The second-order valence-electron chi connectivity index (χ2n) is 3.02. The Balaban J connectivity index is 2.95. The van der Waals surface area contributed by atoms with Gasteiger partial charge in [0, 0.05) is 0 Å². The molecule has 0 radical (unpaired) electrons. The van der Waals surface area contributed by atoms with Crippen LogP contribution in [0.5, 0.6) is 0 Å². The first-order chi connectivity index (χ1) is 3.13. The van der Waals surface area contributed by atoms with E-state index in [4.69, 9.17) is 0 Å². The van der Waals surface area contributed by atoms with Crippen molar-refractivity contribution >= 4 is 27.9 Å². The molecule has 38 valence electrons. The van der Waals surface area contributed by atoms with Crippen molar-refractivity contribution in [1.82, 2.24) is 0 Å². The predicted octanol–water partition coefficient (Wildman–Crippen LogP) is 2.01. The molecule has 0 heterocycles. The Labute approximate surface area is 64.1 Å². The molecule has 0 aromatic heterocycles. The molecule has 0 aliphatic rings. The Morgan fingerprint density at radius 2 is 1.71 bits per heavy atom. The summed E-state index contributed by atoms with van der Waals surface area (Å²) in [6.07, 6.45) is 1.42. The van der Waals surface area contributed by atoms with Crippen molar-refractivity contribution in [2.75, 3.05) is 0 Å². The van der Waals surface area contributed by atoms with Crippen molar-refractivity contribution < 1.29 is 0 Å². The van der Waals surface area contributed by atoms with Crippen molar-refractivity contribution in [2.45, 2.75) is 30.4 Å². The normalized spacial score (nSPS) is 15.1. The molecule has 0 amide bonds. The summed E-state index contributed by atoms with van der Waals surface area (Å²) < 4.78 is 1.01. The van der Waals surface area contributed by atoms with E-state index in [0.717, 1.165) is 9.09 Å². The Morgan fingerprint density at radius 3 is 1.71 bits per heavy atom. The Morgan fingerprint density at radius 1 is 1.29 bits per heavy atom. The van der Waals surface area contributed by atoms with E-state index in [1.54, 1.807) is 0 Å². The molecule has 0 rings (SSSR count). The summed E-state index contributed by atoms with van der Waals surface area (Å²) in [6.45, 7) is 6.90. The summed E-state index contributed by atoms with van der Waals surface area (Å²) in [4.78, 5) is 0. The van der Waals surface area contributed by atoms with Crippen LogP contribution in [0.3, 0.4) is 0 Å². The molecule has 0 aliphatic carbocycles. The summed E-state index contributed by atoms with van der Waals surface area (Å²) in [5, 5.41) is 0. The van der Waals surface area contributed by atoms with Crippen LogP contribution in [0, 0.1) is 5.92 Å². The average molecular weight is 108 g/mol. The third-order valence-electron chi connectivity index (χ3n) is 0.943. The monoisotopic (exact) mass is 108 g/mol. The van der Waals surface area contributed by atoms with Crippen LogP contribution in [0.1, 0.15) is 27.2 Å². The van der Waals surface area contributed by atoms with Gasteiger partial charge in [-0.15, -0.1) is 0 Å². The molecule has 0 saturated carbocycles. The summed E-state index contributed by atoms with van der Waals surface area (Å²) in [6, 6.07) is 0. The molecule has 1 atom stereocenters. The van der Waals surface area contributed by atoms with E-state index in [-0.39, 0.29) is 0 Å².